The summed E-state index contributed by atoms with van der Waals surface area (Å²) in [6, 6.07) is 0. The minimum atomic E-state index is 0.652. The van der Waals surface area contributed by atoms with Crippen LogP contribution in [0.5, 0.6) is 0 Å². The molecule has 0 bridgehead atoms. The van der Waals surface area contributed by atoms with Gasteiger partial charge in [-0.05, 0) is 25.7 Å². The molecule has 2 rings (SSSR count). The minimum Gasteiger partial charge on any atom is -0.171 e. The molecule has 44 valence electrons. The van der Waals surface area contributed by atoms with Crippen molar-refractivity contribution in [3.63, 3.8) is 0 Å². The maximum Gasteiger partial charge on any atom is 0.0232 e. The highest BCUT2D eigenvalue weighted by molar-refractivity contribution is 7.81. The van der Waals surface area contributed by atoms with Crippen LogP contribution in [0.1, 0.15) is 25.7 Å². The molecule has 1 heteroatoms. The van der Waals surface area contributed by atoms with Crippen molar-refractivity contribution in [1.29, 1.82) is 0 Å². The molecule has 0 saturated carbocycles. The quantitative estimate of drug-likeness (QED) is 0.373. The Hall–Kier alpha value is 0.0900. The minimum absolute atomic E-state index is 0.652. The van der Waals surface area contributed by atoms with Crippen molar-refractivity contribution in [2.75, 3.05) is 0 Å². The van der Waals surface area contributed by atoms with Crippen molar-refractivity contribution >= 4 is 12.6 Å². The molecule has 0 nitrogen and oxygen atoms in total. The summed E-state index contributed by atoms with van der Waals surface area (Å²) < 4.78 is 0. The molecule has 0 spiro atoms. The maximum atomic E-state index is 4.44. The second-order valence-corrected chi connectivity index (χ2v) is 3.31. The topological polar surface area (TPSA) is 0 Å². The summed E-state index contributed by atoms with van der Waals surface area (Å²) in [7, 11) is 0. The van der Waals surface area contributed by atoms with Gasteiger partial charge in [-0.1, -0.05) is 11.1 Å². The Labute approximate surface area is 55.4 Å². The first-order valence-corrected chi connectivity index (χ1v) is 3.78. The van der Waals surface area contributed by atoms with Crippen molar-refractivity contribution in [1.82, 2.24) is 0 Å². The van der Waals surface area contributed by atoms with Crippen LogP contribution >= 0.6 is 12.6 Å². The van der Waals surface area contributed by atoms with E-state index in [1.807, 2.05) is 0 Å². The zero-order valence-electron chi connectivity index (χ0n) is 4.85. The molecular weight excluding hydrogens is 116 g/mol. The van der Waals surface area contributed by atoms with Crippen molar-refractivity contribution in [3.8, 4) is 0 Å². The van der Waals surface area contributed by atoms with Gasteiger partial charge < -0.3 is 0 Å². The van der Waals surface area contributed by atoms with E-state index >= 15 is 0 Å². The molecule has 0 heterocycles. The normalized spacial score (nSPS) is 34.9. The number of rotatable bonds is 0. The van der Waals surface area contributed by atoms with E-state index in [4.69, 9.17) is 0 Å². The molecule has 0 aromatic carbocycles. The molecule has 1 atom stereocenters. The van der Waals surface area contributed by atoms with Crippen LogP contribution in [0.4, 0.5) is 0 Å². The van der Waals surface area contributed by atoms with E-state index in [-0.39, 0.29) is 0 Å². The Balaban J connectivity index is 2.27. The smallest absolute Gasteiger partial charge is 0.0232 e. The lowest BCUT2D eigenvalue weighted by Gasteiger charge is -2.18. The largest absolute Gasteiger partial charge is 0.171 e. The van der Waals surface area contributed by atoms with E-state index in [1.165, 1.54) is 25.7 Å². The van der Waals surface area contributed by atoms with Gasteiger partial charge in [-0.25, -0.2) is 0 Å². The highest BCUT2D eigenvalue weighted by Gasteiger charge is 2.27. The number of allylic oxidation sites excluding steroid dienone is 1. The van der Waals surface area contributed by atoms with Gasteiger partial charge in [-0.2, -0.15) is 12.6 Å². The van der Waals surface area contributed by atoms with E-state index in [1.54, 1.807) is 11.1 Å². The predicted molar refractivity (Wildman–Crippen MR) is 38.3 cm³/mol. The molecule has 2 aliphatic rings. The summed E-state index contributed by atoms with van der Waals surface area (Å²) in [4.78, 5) is 0. The van der Waals surface area contributed by atoms with Gasteiger partial charge in [0.2, 0.25) is 0 Å². The fraction of sp³-hybridized carbons (Fsp3) is 0.714. The van der Waals surface area contributed by atoms with Gasteiger partial charge in [-0.3, -0.25) is 0 Å². The lowest BCUT2D eigenvalue weighted by atomic mass is 9.91. The van der Waals surface area contributed by atoms with Gasteiger partial charge in [0.25, 0.3) is 0 Å². The second kappa shape index (κ2) is 1.53. The van der Waals surface area contributed by atoms with E-state index in [0.29, 0.717) is 5.25 Å². The summed E-state index contributed by atoms with van der Waals surface area (Å²) in [6.07, 6.45) is 5.40. The van der Waals surface area contributed by atoms with Crippen molar-refractivity contribution in [2.45, 2.75) is 30.9 Å². The maximum absolute atomic E-state index is 4.44. The summed E-state index contributed by atoms with van der Waals surface area (Å²) in [5.41, 5.74) is 3.40. The lowest BCUT2D eigenvalue weighted by molar-refractivity contribution is 0.803. The molecule has 0 aromatic rings. The van der Waals surface area contributed by atoms with Crippen molar-refractivity contribution in [2.24, 2.45) is 0 Å². The number of hydrogen-bond donors (Lipinski definition) is 1. The van der Waals surface area contributed by atoms with Crippen LogP contribution in [0.15, 0.2) is 11.1 Å². The molecule has 2 aliphatic carbocycles. The highest BCUT2D eigenvalue weighted by atomic mass is 32.1. The zero-order chi connectivity index (χ0) is 5.56. The van der Waals surface area contributed by atoms with Gasteiger partial charge >= 0.3 is 0 Å². The number of hydrogen-bond acceptors (Lipinski definition) is 1. The fourth-order valence-corrected chi connectivity index (χ4v) is 2.06. The number of thiol groups is 1. The lowest BCUT2D eigenvalue weighted by Crippen LogP contribution is -2.04. The Morgan fingerprint density at radius 1 is 1.25 bits per heavy atom. The highest BCUT2D eigenvalue weighted by Crippen LogP contribution is 2.43. The van der Waals surface area contributed by atoms with Gasteiger partial charge in [0.15, 0.2) is 0 Å². The Morgan fingerprint density at radius 3 is 2.38 bits per heavy atom. The third-order valence-corrected chi connectivity index (χ3v) is 2.84. The Bertz CT molecular complexity index is 146. The summed E-state index contributed by atoms with van der Waals surface area (Å²) in [5, 5.41) is 0.652. The van der Waals surface area contributed by atoms with E-state index in [2.05, 4.69) is 12.6 Å². The van der Waals surface area contributed by atoms with E-state index in [0.717, 1.165) is 0 Å². The first-order valence-electron chi connectivity index (χ1n) is 3.27. The van der Waals surface area contributed by atoms with Crippen LogP contribution in [0, 0.1) is 0 Å². The van der Waals surface area contributed by atoms with Crippen LogP contribution in [0.25, 0.3) is 0 Å². The Morgan fingerprint density at radius 2 is 2.12 bits per heavy atom. The molecule has 8 heavy (non-hydrogen) atoms. The molecular formula is C7H10S. The van der Waals surface area contributed by atoms with Crippen LogP contribution in [-0.2, 0) is 0 Å². The molecule has 0 aliphatic heterocycles. The molecule has 0 aromatic heterocycles. The van der Waals surface area contributed by atoms with Crippen molar-refractivity contribution < 1.29 is 0 Å². The average molecular weight is 126 g/mol. The van der Waals surface area contributed by atoms with Gasteiger partial charge in [0, 0.05) is 5.25 Å². The molecule has 0 amide bonds. The predicted octanol–water partition coefficient (Wildman–Crippen LogP) is 2.17. The first kappa shape index (κ1) is 4.92. The SMILES string of the molecule is S[C@@H]1CCC2=C1CC2. The summed E-state index contributed by atoms with van der Waals surface area (Å²) in [6.45, 7) is 0. The fourth-order valence-electron chi connectivity index (χ4n) is 1.62. The third-order valence-electron chi connectivity index (χ3n) is 2.27. The summed E-state index contributed by atoms with van der Waals surface area (Å²) in [5.74, 6) is 0. The standard InChI is InChI=1S/C7H10S/c8-7-4-2-5-1-3-6(5)7/h7-8H,1-4H2/t7-/m1/s1. The first-order chi connectivity index (χ1) is 3.88. The molecule has 0 N–H and O–H groups in total. The Kier molecular flexibility index (Phi) is 0.944. The zero-order valence-corrected chi connectivity index (χ0v) is 5.75. The molecule has 0 saturated heterocycles. The van der Waals surface area contributed by atoms with Crippen LogP contribution in [0.2, 0.25) is 0 Å². The van der Waals surface area contributed by atoms with Gasteiger partial charge in [-0.15, -0.1) is 0 Å². The van der Waals surface area contributed by atoms with Gasteiger partial charge in [0.05, 0.1) is 0 Å². The van der Waals surface area contributed by atoms with Crippen LogP contribution in [-0.4, -0.2) is 5.25 Å². The second-order valence-electron chi connectivity index (χ2n) is 2.68. The van der Waals surface area contributed by atoms with E-state index in [9.17, 15) is 0 Å². The van der Waals surface area contributed by atoms with E-state index < -0.39 is 0 Å². The summed E-state index contributed by atoms with van der Waals surface area (Å²) >= 11 is 4.44. The van der Waals surface area contributed by atoms with Gasteiger partial charge in [0.1, 0.15) is 0 Å². The average Bonchev–Trinajstić information content (AvgIpc) is 1.80. The molecule has 0 radical (unpaired) electrons. The third kappa shape index (κ3) is 0.482. The van der Waals surface area contributed by atoms with Crippen LogP contribution < -0.4 is 0 Å². The van der Waals surface area contributed by atoms with Crippen LogP contribution in [0.3, 0.4) is 0 Å². The molecule has 0 unspecified atom stereocenters. The monoisotopic (exact) mass is 126 g/mol. The molecule has 0 fully saturated rings. The van der Waals surface area contributed by atoms with Crippen molar-refractivity contribution in [3.05, 3.63) is 11.1 Å².